The fraction of sp³-hybridized carbons (Fsp3) is 0.632. The summed E-state index contributed by atoms with van der Waals surface area (Å²) in [6.07, 6.45) is 5.18. The molecule has 9 heteroatoms. The third-order valence-corrected chi connectivity index (χ3v) is 6.52. The number of ether oxygens (including phenoxy) is 1. The molecule has 2 aromatic heterocycles. The van der Waals surface area contributed by atoms with Gasteiger partial charge in [0.15, 0.2) is 11.0 Å². The van der Waals surface area contributed by atoms with Crippen LogP contribution in [0.5, 0.6) is 6.01 Å². The number of pyridine rings is 1. The molecule has 0 N–H and O–H groups in total. The summed E-state index contributed by atoms with van der Waals surface area (Å²) in [5.74, 6) is -0.0941. The van der Waals surface area contributed by atoms with E-state index in [9.17, 15) is 8.78 Å². The van der Waals surface area contributed by atoms with Gasteiger partial charge in [-0.3, -0.25) is 4.90 Å². The minimum Gasteiger partial charge on any atom is -0.461 e. The number of alkyl halides is 1. The second-order valence-electron chi connectivity index (χ2n) is 8.16. The van der Waals surface area contributed by atoms with Gasteiger partial charge >= 0.3 is 6.01 Å². The van der Waals surface area contributed by atoms with Crippen molar-refractivity contribution < 1.29 is 13.5 Å². The first kappa shape index (κ1) is 18.2. The zero-order valence-corrected chi connectivity index (χ0v) is 16.4. The Kier molecular flexibility index (Phi) is 4.32. The molecule has 3 fully saturated rings. The van der Waals surface area contributed by atoms with E-state index in [1.807, 2.05) is 11.9 Å². The fourth-order valence-corrected chi connectivity index (χ4v) is 4.75. The van der Waals surface area contributed by atoms with Crippen LogP contribution in [0.3, 0.4) is 0 Å². The molecular formula is C19H22ClF2N5O. The molecule has 4 heterocycles. The molecule has 1 saturated carbocycles. The molecule has 0 radical (unpaired) electrons. The van der Waals surface area contributed by atoms with E-state index in [1.165, 1.54) is 6.20 Å². The molecule has 5 rings (SSSR count). The van der Waals surface area contributed by atoms with E-state index in [0.29, 0.717) is 36.8 Å². The highest BCUT2D eigenvalue weighted by atomic mass is 35.5. The molecule has 0 amide bonds. The lowest BCUT2D eigenvalue weighted by atomic mass is 9.95. The highest BCUT2D eigenvalue weighted by Crippen LogP contribution is 2.41. The number of rotatable bonds is 5. The molecule has 2 atom stereocenters. The Morgan fingerprint density at radius 3 is 3.00 bits per heavy atom. The van der Waals surface area contributed by atoms with Gasteiger partial charge in [-0.05, 0) is 32.2 Å². The summed E-state index contributed by atoms with van der Waals surface area (Å²) < 4.78 is 34.6. The summed E-state index contributed by atoms with van der Waals surface area (Å²) in [5, 5.41) is 0.280. The van der Waals surface area contributed by atoms with Crippen molar-refractivity contribution in [1.29, 1.82) is 0 Å². The number of anilines is 1. The largest absolute Gasteiger partial charge is 0.461 e. The molecule has 1 aliphatic carbocycles. The number of fused-ring (bicyclic) bond motifs is 2. The van der Waals surface area contributed by atoms with Crippen molar-refractivity contribution in [3.05, 3.63) is 17.2 Å². The Balaban J connectivity index is 1.50. The van der Waals surface area contributed by atoms with E-state index >= 15 is 0 Å². The molecule has 0 aromatic carbocycles. The van der Waals surface area contributed by atoms with Gasteiger partial charge in [-0.1, -0.05) is 11.6 Å². The van der Waals surface area contributed by atoms with Crippen LogP contribution in [0.25, 0.3) is 10.9 Å². The van der Waals surface area contributed by atoms with Crippen molar-refractivity contribution in [2.24, 2.45) is 0 Å². The molecular weight excluding hydrogens is 388 g/mol. The number of nitrogens with zero attached hydrogens (tertiary/aromatic N) is 5. The predicted octanol–water partition coefficient (Wildman–Crippen LogP) is 3.37. The van der Waals surface area contributed by atoms with E-state index in [4.69, 9.17) is 16.3 Å². The topological polar surface area (TPSA) is 54.4 Å². The van der Waals surface area contributed by atoms with Gasteiger partial charge in [0, 0.05) is 32.3 Å². The minimum atomic E-state index is -0.833. The smallest absolute Gasteiger partial charge is 0.319 e. The minimum absolute atomic E-state index is 0.0969. The standard InChI is InChI=1S/C19H22ClF2N5O/c1-26(12-3-4-12)17-13-8-23-16(20)14(22)15(13)24-18(25-17)28-10-19-5-2-6-27(19)9-11(21)7-19/h8,11-12H,2-7,9-10H2,1H3/t11-,19+/m1/s1. The highest BCUT2D eigenvalue weighted by Gasteiger charge is 2.49. The molecule has 6 nitrogen and oxygen atoms in total. The zero-order chi connectivity index (χ0) is 19.5. The number of halogens is 3. The third kappa shape index (κ3) is 2.97. The summed E-state index contributed by atoms with van der Waals surface area (Å²) in [7, 11) is 1.93. The van der Waals surface area contributed by atoms with Crippen LogP contribution in [0.2, 0.25) is 5.15 Å². The lowest BCUT2D eigenvalue weighted by molar-refractivity contribution is 0.107. The number of aromatic nitrogens is 3. The molecule has 28 heavy (non-hydrogen) atoms. The van der Waals surface area contributed by atoms with Crippen LogP contribution < -0.4 is 9.64 Å². The second kappa shape index (κ2) is 6.62. The molecule has 0 bridgehead atoms. The van der Waals surface area contributed by atoms with Gasteiger partial charge in [0.1, 0.15) is 24.1 Å². The Hall–Kier alpha value is -1.80. The van der Waals surface area contributed by atoms with Gasteiger partial charge in [-0.15, -0.1) is 0 Å². The molecule has 2 saturated heterocycles. The van der Waals surface area contributed by atoms with Gasteiger partial charge in [-0.25, -0.2) is 13.8 Å². The quantitative estimate of drug-likeness (QED) is 0.706. The van der Waals surface area contributed by atoms with Crippen LogP contribution in [0.1, 0.15) is 32.1 Å². The maximum absolute atomic E-state index is 14.6. The third-order valence-electron chi connectivity index (χ3n) is 6.26. The monoisotopic (exact) mass is 409 g/mol. The van der Waals surface area contributed by atoms with Crippen molar-refractivity contribution in [3.8, 4) is 6.01 Å². The Morgan fingerprint density at radius 1 is 1.39 bits per heavy atom. The Morgan fingerprint density at radius 2 is 2.21 bits per heavy atom. The average Bonchev–Trinajstić information content (AvgIpc) is 3.38. The van der Waals surface area contributed by atoms with Crippen molar-refractivity contribution in [2.75, 3.05) is 31.6 Å². The van der Waals surface area contributed by atoms with Gasteiger partial charge < -0.3 is 9.64 Å². The van der Waals surface area contributed by atoms with Crippen LogP contribution in [-0.4, -0.2) is 64.3 Å². The Labute approximate surface area is 166 Å². The van der Waals surface area contributed by atoms with Gasteiger partial charge in [0.25, 0.3) is 0 Å². The van der Waals surface area contributed by atoms with Crippen LogP contribution in [0.15, 0.2) is 6.20 Å². The fourth-order valence-electron chi connectivity index (χ4n) is 4.62. The lowest BCUT2D eigenvalue weighted by Crippen LogP contribution is -2.43. The summed E-state index contributed by atoms with van der Waals surface area (Å²) in [5.41, 5.74) is -0.211. The van der Waals surface area contributed by atoms with Crippen LogP contribution in [0, 0.1) is 5.82 Å². The predicted molar refractivity (Wildman–Crippen MR) is 102 cm³/mol. The summed E-state index contributed by atoms with van der Waals surface area (Å²) in [6, 6.07) is 0.468. The molecule has 2 aromatic rings. The first-order valence-electron chi connectivity index (χ1n) is 9.73. The molecule has 150 valence electrons. The maximum Gasteiger partial charge on any atom is 0.319 e. The summed E-state index contributed by atoms with van der Waals surface area (Å²) >= 11 is 5.87. The van der Waals surface area contributed by atoms with Crippen molar-refractivity contribution >= 4 is 28.3 Å². The highest BCUT2D eigenvalue weighted by molar-refractivity contribution is 6.30. The number of hydrogen-bond donors (Lipinski definition) is 0. The van der Waals surface area contributed by atoms with E-state index < -0.39 is 12.0 Å². The van der Waals surface area contributed by atoms with Gasteiger partial charge in [0.05, 0.1) is 10.9 Å². The molecule has 2 aliphatic heterocycles. The average molecular weight is 410 g/mol. The molecule has 0 spiro atoms. The normalized spacial score (nSPS) is 27.4. The van der Waals surface area contributed by atoms with E-state index in [0.717, 1.165) is 32.2 Å². The summed E-state index contributed by atoms with van der Waals surface area (Å²) in [6.45, 7) is 1.63. The van der Waals surface area contributed by atoms with E-state index in [2.05, 4.69) is 19.9 Å². The second-order valence-corrected chi connectivity index (χ2v) is 8.52. The Bertz CT molecular complexity index is 927. The zero-order valence-electron chi connectivity index (χ0n) is 15.7. The maximum atomic E-state index is 14.6. The SMILES string of the molecule is CN(c1nc(OC[C@@]23CCCN2C[C@H](F)C3)nc2c(F)c(Cl)ncc12)C1CC1. The molecule has 3 aliphatic rings. The van der Waals surface area contributed by atoms with Crippen molar-refractivity contribution in [1.82, 2.24) is 19.9 Å². The summed E-state index contributed by atoms with van der Waals surface area (Å²) in [4.78, 5) is 16.9. The number of hydrogen-bond acceptors (Lipinski definition) is 6. The van der Waals surface area contributed by atoms with E-state index in [1.54, 1.807) is 0 Å². The lowest BCUT2D eigenvalue weighted by Gasteiger charge is -2.31. The first-order chi connectivity index (χ1) is 13.5. The van der Waals surface area contributed by atoms with Crippen molar-refractivity contribution in [2.45, 2.75) is 49.9 Å². The van der Waals surface area contributed by atoms with Crippen molar-refractivity contribution in [3.63, 3.8) is 0 Å². The van der Waals surface area contributed by atoms with Crippen LogP contribution in [0.4, 0.5) is 14.6 Å². The van der Waals surface area contributed by atoms with Crippen LogP contribution >= 0.6 is 11.6 Å². The first-order valence-corrected chi connectivity index (χ1v) is 10.1. The van der Waals surface area contributed by atoms with Crippen LogP contribution in [-0.2, 0) is 0 Å². The van der Waals surface area contributed by atoms with Gasteiger partial charge in [-0.2, -0.15) is 9.97 Å². The van der Waals surface area contributed by atoms with Gasteiger partial charge in [0.2, 0.25) is 0 Å². The molecule has 0 unspecified atom stereocenters. The van der Waals surface area contributed by atoms with E-state index in [-0.39, 0.29) is 22.2 Å².